The molecule has 0 radical (unpaired) electrons. The first-order chi connectivity index (χ1) is 6.83. The van der Waals surface area contributed by atoms with Crippen molar-refractivity contribution in [3.8, 4) is 5.88 Å². The lowest BCUT2D eigenvalue weighted by Crippen LogP contribution is -2.18. The summed E-state index contributed by atoms with van der Waals surface area (Å²) < 4.78 is 39.1. The van der Waals surface area contributed by atoms with Gasteiger partial charge in [-0.2, -0.15) is 4.98 Å². The average molecular weight is 242 g/mol. The van der Waals surface area contributed by atoms with Crippen LogP contribution in [0.25, 0.3) is 0 Å². The van der Waals surface area contributed by atoms with E-state index in [-0.39, 0.29) is 22.9 Å². The Balaban J connectivity index is 3.06. The molecule has 0 saturated carbocycles. The number of nitrogens with zero attached hydrogens (tertiary/aromatic N) is 1. The van der Waals surface area contributed by atoms with E-state index in [0.29, 0.717) is 0 Å². The van der Waals surface area contributed by atoms with Crippen LogP contribution in [0.4, 0.5) is 18.9 Å². The minimum atomic E-state index is -4.82. The molecule has 0 amide bonds. The van der Waals surface area contributed by atoms with Crippen LogP contribution in [0.3, 0.4) is 0 Å². The van der Waals surface area contributed by atoms with Gasteiger partial charge in [-0.3, -0.25) is 0 Å². The van der Waals surface area contributed by atoms with E-state index >= 15 is 0 Å². The topological polar surface area (TPSA) is 74.2 Å². The van der Waals surface area contributed by atoms with Gasteiger partial charge < -0.3 is 16.2 Å². The SMILES string of the molecule is NCc1cc(OC(F)(F)F)nc(Cl)c1N. The van der Waals surface area contributed by atoms with E-state index < -0.39 is 12.2 Å². The van der Waals surface area contributed by atoms with Crippen LogP contribution in [0.2, 0.25) is 5.15 Å². The van der Waals surface area contributed by atoms with Crippen LogP contribution in [0.5, 0.6) is 5.88 Å². The second kappa shape index (κ2) is 4.11. The Hall–Kier alpha value is -1.21. The zero-order valence-electron chi connectivity index (χ0n) is 7.31. The average Bonchev–Trinajstić information content (AvgIpc) is 2.08. The molecule has 84 valence electrons. The van der Waals surface area contributed by atoms with Crippen LogP contribution in [0, 0.1) is 0 Å². The first-order valence-electron chi connectivity index (χ1n) is 3.74. The maximum absolute atomic E-state index is 11.8. The third-order valence-electron chi connectivity index (χ3n) is 1.51. The summed E-state index contributed by atoms with van der Waals surface area (Å²) in [5.41, 5.74) is 11.0. The van der Waals surface area contributed by atoms with Crippen molar-refractivity contribution in [1.82, 2.24) is 4.98 Å². The van der Waals surface area contributed by atoms with Crippen LogP contribution >= 0.6 is 11.6 Å². The van der Waals surface area contributed by atoms with E-state index in [9.17, 15) is 13.2 Å². The number of anilines is 1. The summed E-state index contributed by atoms with van der Waals surface area (Å²) in [5.74, 6) is -0.679. The third-order valence-corrected chi connectivity index (χ3v) is 1.80. The molecule has 0 aliphatic carbocycles. The zero-order chi connectivity index (χ0) is 11.6. The van der Waals surface area contributed by atoms with E-state index in [2.05, 4.69) is 9.72 Å². The van der Waals surface area contributed by atoms with Crippen LogP contribution < -0.4 is 16.2 Å². The maximum Gasteiger partial charge on any atom is 0.574 e. The Morgan fingerprint density at radius 1 is 1.47 bits per heavy atom. The molecule has 1 heterocycles. The molecule has 0 spiro atoms. The van der Waals surface area contributed by atoms with E-state index in [1.54, 1.807) is 0 Å². The van der Waals surface area contributed by atoms with Crippen molar-refractivity contribution in [3.05, 3.63) is 16.8 Å². The van der Waals surface area contributed by atoms with Gasteiger partial charge in [0.1, 0.15) is 0 Å². The molecule has 0 aliphatic rings. The van der Waals surface area contributed by atoms with Gasteiger partial charge in [-0.15, -0.1) is 13.2 Å². The number of nitrogen functional groups attached to an aromatic ring is 1. The normalized spacial score (nSPS) is 11.5. The van der Waals surface area contributed by atoms with Gasteiger partial charge in [0, 0.05) is 12.6 Å². The fraction of sp³-hybridized carbons (Fsp3) is 0.286. The summed E-state index contributed by atoms with van der Waals surface area (Å²) in [6.07, 6.45) is -4.82. The zero-order valence-corrected chi connectivity index (χ0v) is 8.06. The Labute approximate surface area is 88.0 Å². The van der Waals surface area contributed by atoms with Gasteiger partial charge in [0.05, 0.1) is 5.69 Å². The fourth-order valence-corrected chi connectivity index (χ4v) is 1.09. The standard InChI is InChI=1S/C7H7ClF3N3O/c8-6-5(13)3(2-12)1-4(14-6)15-7(9,10)11/h1H,2,12-13H2. The highest BCUT2D eigenvalue weighted by atomic mass is 35.5. The van der Waals surface area contributed by atoms with Crippen molar-refractivity contribution < 1.29 is 17.9 Å². The number of ether oxygens (including phenoxy) is 1. The predicted molar refractivity (Wildman–Crippen MR) is 48.2 cm³/mol. The van der Waals surface area contributed by atoms with Gasteiger partial charge in [0.2, 0.25) is 5.88 Å². The molecule has 8 heteroatoms. The first-order valence-corrected chi connectivity index (χ1v) is 4.12. The minimum absolute atomic E-state index is 0.0497. The number of aromatic nitrogens is 1. The largest absolute Gasteiger partial charge is 0.574 e. The molecule has 0 atom stereocenters. The molecule has 0 fully saturated rings. The Morgan fingerprint density at radius 3 is 2.53 bits per heavy atom. The Bertz CT molecular complexity index is 369. The van der Waals surface area contributed by atoms with Gasteiger partial charge >= 0.3 is 6.36 Å². The van der Waals surface area contributed by atoms with E-state index in [0.717, 1.165) is 6.07 Å². The molecule has 0 saturated heterocycles. The van der Waals surface area contributed by atoms with E-state index in [4.69, 9.17) is 23.1 Å². The summed E-state index contributed by atoms with van der Waals surface area (Å²) in [6.45, 7) is -0.0533. The molecule has 0 bridgehead atoms. The van der Waals surface area contributed by atoms with Crippen molar-refractivity contribution in [1.29, 1.82) is 0 Å². The number of alkyl halides is 3. The van der Waals surface area contributed by atoms with Gasteiger partial charge in [-0.25, -0.2) is 0 Å². The molecule has 4 N–H and O–H groups in total. The Kier molecular flexibility index (Phi) is 3.25. The highest BCUT2D eigenvalue weighted by Crippen LogP contribution is 2.28. The molecule has 1 rings (SSSR count). The second-order valence-corrected chi connectivity index (χ2v) is 2.93. The molecular formula is C7H7ClF3N3O. The molecule has 15 heavy (non-hydrogen) atoms. The molecule has 0 unspecified atom stereocenters. The van der Waals surface area contributed by atoms with Crippen LogP contribution in [0.1, 0.15) is 5.56 Å². The van der Waals surface area contributed by atoms with E-state index in [1.165, 1.54) is 0 Å². The maximum atomic E-state index is 11.8. The lowest BCUT2D eigenvalue weighted by atomic mass is 10.2. The summed E-state index contributed by atoms with van der Waals surface area (Å²) in [5, 5.41) is -0.266. The van der Waals surface area contributed by atoms with Crippen molar-refractivity contribution in [2.24, 2.45) is 5.73 Å². The lowest BCUT2D eigenvalue weighted by molar-refractivity contribution is -0.276. The third kappa shape index (κ3) is 3.14. The summed E-state index contributed by atoms with van der Waals surface area (Å²) in [7, 11) is 0. The molecule has 0 aromatic carbocycles. The number of nitrogens with two attached hydrogens (primary N) is 2. The first kappa shape index (κ1) is 11.9. The molecule has 4 nitrogen and oxygen atoms in total. The van der Waals surface area contributed by atoms with Crippen molar-refractivity contribution >= 4 is 17.3 Å². The summed E-state index contributed by atoms with van der Waals surface area (Å²) in [4.78, 5) is 3.31. The highest BCUT2D eigenvalue weighted by molar-refractivity contribution is 6.32. The number of hydrogen-bond acceptors (Lipinski definition) is 4. The van der Waals surface area contributed by atoms with Gasteiger partial charge in [0.15, 0.2) is 5.15 Å². The molecule has 1 aromatic rings. The van der Waals surface area contributed by atoms with Crippen LogP contribution in [0.15, 0.2) is 6.07 Å². The quantitative estimate of drug-likeness (QED) is 0.773. The minimum Gasteiger partial charge on any atom is -0.396 e. The molecule has 1 aromatic heterocycles. The lowest BCUT2D eigenvalue weighted by Gasteiger charge is -2.11. The number of hydrogen-bond donors (Lipinski definition) is 2. The van der Waals surface area contributed by atoms with E-state index in [1.807, 2.05) is 0 Å². The van der Waals surface area contributed by atoms with Crippen molar-refractivity contribution in [2.75, 3.05) is 5.73 Å². The summed E-state index contributed by atoms with van der Waals surface area (Å²) >= 11 is 5.49. The Morgan fingerprint density at radius 2 is 2.07 bits per heavy atom. The molecular weight excluding hydrogens is 235 g/mol. The van der Waals surface area contributed by atoms with Crippen molar-refractivity contribution in [3.63, 3.8) is 0 Å². The highest BCUT2D eigenvalue weighted by Gasteiger charge is 2.32. The summed E-state index contributed by atoms with van der Waals surface area (Å²) in [6, 6.07) is 0.995. The van der Waals surface area contributed by atoms with Gasteiger partial charge in [0.25, 0.3) is 0 Å². The molecule has 0 aliphatic heterocycles. The van der Waals surface area contributed by atoms with Crippen LogP contribution in [-0.2, 0) is 6.54 Å². The number of pyridine rings is 1. The second-order valence-electron chi connectivity index (χ2n) is 2.58. The number of rotatable bonds is 2. The van der Waals surface area contributed by atoms with Gasteiger partial charge in [-0.1, -0.05) is 11.6 Å². The van der Waals surface area contributed by atoms with Crippen LogP contribution in [-0.4, -0.2) is 11.3 Å². The van der Waals surface area contributed by atoms with Crippen molar-refractivity contribution in [2.45, 2.75) is 12.9 Å². The smallest absolute Gasteiger partial charge is 0.396 e. The number of halogens is 4. The monoisotopic (exact) mass is 241 g/mol. The van der Waals surface area contributed by atoms with Gasteiger partial charge in [-0.05, 0) is 5.56 Å². The predicted octanol–water partition coefficient (Wildman–Crippen LogP) is 1.67. The fourth-order valence-electron chi connectivity index (χ4n) is 0.888.